The molecule has 0 spiro atoms. The molecular formula is C20H20N6OS. The van der Waals surface area contributed by atoms with Crippen LogP contribution in [-0.2, 0) is 7.05 Å². The highest BCUT2D eigenvalue weighted by Crippen LogP contribution is 2.33. The van der Waals surface area contributed by atoms with Crippen LogP contribution in [0.3, 0.4) is 0 Å². The summed E-state index contributed by atoms with van der Waals surface area (Å²) in [7, 11) is 3.60. The fraction of sp³-hybridized carbons (Fsp3) is 0.200. The third-order valence-corrected chi connectivity index (χ3v) is 5.61. The maximum absolute atomic E-state index is 5.21. The summed E-state index contributed by atoms with van der Waals surface area (Å²) in [6.07, 6.45) is 3.48. The molecule has 7 nitrogen and oxygen atoms in total. The lowest BCUT2D eigenvalue weighted by atomic mass is 10.1. The van der Waals surface area contributed by atoms with Crippen LogP contribution >= 0.6 is 11.8 Å². The van der Waals surface area contributed by atoms with Crippen molar-refractivity contribution in [2.45, 2.75) is 17.3 Å². The predicted octanol–water partition coefficient (Wildman–Crippen LogP) is 3.92. The smallest absolute Gasteiger partial charge is 0.191 e. The maximum Gasteiger partial charge on any atom is 0.191 e. The highest BCUT2D eigenvalue weighted by Gasteiger charge is 2.13. The van der Waals surface area contributed by atoms with E-state index < -0.39 is 0 Å². The monoisotopic (exact) mass is 392 g/mol. The van der Waals surface area contributed by atoms with E-state index in [0.29, 0.717) is 0 Å². The SMILES string of the molecule is COc1ccc(-c2cnn(-c3cccc([C@H](C)Sc4nncn4C)c3)n2)cc1. The normalized spacial score (nSPS) is 12.1. The Balaban J connectivity index is 1.56. The van der Waals surface area contributed by atoms with E-state index in [1.54, 1.807) is 36.2 Å². The summed E-state index contributed by atoms with van der Waals surface area (Å²) in [6.45, 7) is 2.15. The third-order valence-electron chi connectivity index (χ3n) is 4.40. The fourth-order valence-electron chi connectivity index (χ4n) is 2.79. The van der Waals surface area contributed by atoms with Gasteiger partial charge < -0.3 is 9.30 Å². The van der Waals surface area contributed by atoms with Crippen LogP contribution in [0.15, 0.2) is 66.2 Å². The minimum absolute atomic E-state index is 0.222. The minimum atomic E-state index is 0.222. The van der Waals surface area contributed by atoms with Crippen molar-refractivity contribution < 1.29 is 4.74 Å². The second kappa shape index (κ2) is 7.85. The van der Waals surface area contributed by atoms with Gasteiger partial charge in [0.25, 0.3) is 0 Å². The van der Waals surface area contributed by atoms with Crippen molar-refractivity contribution in [1.82, 2.24) is 29.8 Å². The van der Waals surface area contributed by atoms with Crippen molar-refractivity contribution in [3.63, 3.8) is 0 Å². The van der Waals surface area contributed by atoms with Crippen molar-refractivity contribution in [2.75, 3.05) is 7.11 Å². The van der Waals surface area contributed by atoms with Gasteiger partial charge >= 0.3 is 0 Å². The second-order valence-electron chi connectivity index (χ2n) is 6.33. The van der Waals surface area contributed by atoms with E-state index in [4.69, 9.17) is 4.74 Å². The molecule has 0 aliphatic heterocycles. The maximum atomic E-state index is 5.21. The van der Waals surface area contributed by atoms with Gasteiger partial charge in [0, 0.05) is 17.9 Å². The van der Waals surface area contributed by atoms with Gasteiger partial charge in [-0.15, -0.1) is 15.3 Å². The third kappa shape index (κ3) is 3.77. The van der Waals surface area contributed by atoms with Gasteiger partial charge in [-0.1, -0.05) is 23.9 Å². The molecule has 0 bridgehead atoms. The molecule has 0 aliphatic carbocycles. The quantitative estimate of drug-likeness (QED) is 0.463. The van der Waals surface area contributed by atoms with Crippen LogP contribution in [0.2, 0.25) is 0 Å². The summed E-state index contributed by atoms with van der Waals surface area (Å²) in [5, 5.41) is 18.3. The lowest BCUT2D eigenvalue weighted by molar-refractivity contribution is 0.415. The average Bonchev–Trinajstić information content (AvgIpc) is 3.38. The van der Waals surface area contributed by atoms with Crippen LogP contribution in [0.5, 0.6) is 5.75 Å². The molecule has 0 N–H and O–H groups in total. The van der Waals surface area contributed by atoms with Crippen LogP contribution in [-0.4, -0.2) is 36.9 Å². The Morgan fingerprint density at radius 1 is 1.11 bits per heavy atom. The van der Waals surface area contributed by atoms with Crippen LogP contribution in [0, 0.1) is 0 Å². The number of benzene rings is 2. The van der Waals surface area contributed by atoms with Crippen molar-refractivity contribution in [2.24, 2.45) is 7.05 Å². The summed E-state index contributed by atoms with van der Waals surface area (Å²) in [5.74, 6) is 0.818. The average molecular weight is 392 g/mol. The van der Waals surface area contributed by atoms with Gasteiger partial charge in [0.1, 0.15) is 17.8 Å². The predicted molar refractivity (Wildman–Crippen MR) is 109 cm³/mol. The number of rotatable bonds is 6. The molecule has 0 saturated carbocycles. The van der Waals surface area contributed by atoms with Gasteiger partial charge in [0.2, 0.25) is 0 Å². The van der Waals surface area contributed by atoms with E-state index in [1.807, 2.05) is 48.0 Å². The van der Waals surface area contributed by atoms with Gasteiger partial charge in [-0.2, -0.15) is 9.90 Å². The van der Waals surface area contributed by atoms with E-state index in [9.17, 15) is 0 Å². The molecule has 8 heteroatoms. The molecule has 28 heavy (non-hydrogen) atoms. The van der Waals surface area contributed by atoms with Gasteiger partial charge in [-0.3, -0.25) is 0 Å². The molecule has 142 valence electrons. The Bertz CT molecular complexity index is 1070. The van der Waals surface area contributed by atoms with Crippen molar-refractivity contribution in [1.29, 1.82) is 0 Å². The van der Waals surface area contributed by atoms with Crippen LogP contribution in [0.25, 0.3) is 16.9 Å². The number of thioether (sulfide) groups is 1. The molecule has 4 rings (SSSR count). The van der Waals surface area contributed by atoms with Crippen LogP contribution in [0.1, 0.15) is 17.7 Å². The summed E-state index contributed by atoms with van der Waals surface area (Å²) < 4.78 is 7.12. The van der Waals surface area contributed by atoms with Gasteiger partial charge in [0.15, 0.2) is 5.16 Å². The Morgan fingerprint density at radius 3 is 2.64 bits per heavy atom. The largest absolute Gasteiger partial charge is 0.497 e. The van der Waals surface area contributed by atoms with Gasteiger partial charge in [-0.25, -0.2) is 0 Å². The number of aromatic nitrogens is 6. The lowest BCUT2D eigenvalue weighted by Crippen LogP contribution is -2.01. The molecule has 0 unspecified atom stereocenters. The number of hydrogen-bond donors (Lipinski definition) is 0. The first-order valence-corrected chi connectivity index (χ1v) is 9.70. The topological polar surface area (TPSA) is 70.7 Å². The van der Waals surface area contributed by atoms with Crippen molar-refractivity contribution >= 4 is 11.8 Å². The highest BCUT2D eigenvalue weighted by atomic mass is 32.2. The summed E-state index contributed by atoms with van der Waals surface area (Å²) in [4.78, 5) is 1.66. The first-order valence-electron chi connectivity index (χ1n) is 8.82. The zero-order valence-electron chi connectivity index (χ0n) is 15.9. The first kappa shape index (κ1) is 18.2. The number of hydrogen-bond acceptors (Lipinski definition) is 6. The Morgan fingerprint density at radius 2 is 1.93 bits per heavy atom. The van der Waals surface area contributed by atoms with Gasteiger partial charge in [-0.05, 0) is 48.9 Å². The second-order valence-corrected chi connectivity index (χ2v) is 7.64. The molecular weight excluding hydrogens is 372 g/mol. The molecule has 4 aromatic rings. The lowest BCUT2D eigenvalue weighted by Gasteiger charge is -2.12. The number of aryl methyl sites for hydroxylation is 1. The zero-order chi connectivity index (χ0) is 19.5. The Kier molecular flexibility index (Phi) is 5.12. The molecule has 0 saturated heterocycles. The minimum Gasteiger partial charge on any atom is -0.497 e. The summed E-state index contributed by atoms with van der Waals surface area (Å²) in [6, 6.07) is 16.0. The molecule has 0 amide bonds. The van der Waals surface area contributed by atoms with E-state index in [1.165, 1.54) is 5.56 Å². The summed E-state index contributed by atoms with van der Waals surface area (Å²) >= 11 is 1.67. The standard InChI is InChI=1S/C20H20N6OS/c1-14(28-20-23-21-13-25(20)2)16-5-4-6-17(11-16)26-22-12-19(24-26)15-7-9-18(27-3)10-8-15/h4-14H,1-3H3/t14-/m0/s1. The fourth-order valence-corrected chi connectivity index (χ4v) is 3.70. The molecule has 2 aromatic carbocycles. The van der Waals surface area contributed by atoms with E-state index in [2.05, 4.69) is 39.5 Å². The molecule has 2 heterocycles. The van der Waals surface area contributed by atoms with Crippen LogP contribution in [0.4, 0.5) is 0 Å². The summed E-state index contributed by atoms with van der Waals surface area (Å²) in [5.41, 5.74) is 3.90. The number of nitrogens with zero attached hydrogens (tertiary/aromatic N) is 6. The van der Waals surface area contributed by atoms with E-state index >= 15 is 0 Å². The van der Waals surface area contributed by atoms with E-state index in [-0.39, 0.29) is 5.25 Å². The number of ether oxygens (including phenoxy) is 1. The van der Waals surface area contributed by atoms with E-state index in [0.717, 1.165) is 27.9 Å². The highest BCUT2D eigenvalue weighted by molar-refractivity contribution is 7.99. The molecule has 0 radical (unpaired) electrons. The van der Waals surface area contributed by atoms with Crippen LogP contribution < -0.4 is 4.74 Å². The molecule has 1 atom stereocenters. The van der Waals surface area contributed by atoms with Crippen molar-refractivity contribution in [3.8, 4) is 22.7 Å². The zero-order valence-corrected chi connectivity index (χ0v) is 16.7. The Labute approximate surface area is 167 Å². The number of methoxy groups -OCH3 is 1. The molecule has 0 aliphatic rings. The van der Waals surface area contributed by atoms with Gasteiger partial charge in [0.05, 0.1) is 19.0 Å². The van der Waals surface area contributed by atoms with Crippen molar-refractivity contribution in [3.05, 3.63) is 66.6 Å². The Hall–Kier alpha value is -3.13. The molecule has 2 aromatic heterocycles. The molecule has 0 fully saturated rings. The first-order chi connectivity index (χ1) is 13.6.